The first-order valence-corrected chi connectivity index (χ1v) is 6.83. The number of nitrogens with two attached hydrogens (primary N) is 1. The molecule has 0 bridgehead atoms. The van der Waals surface area contributed by atoms with Crippen LogP contribution in [0.2, 0.25) is 0 Å². The second kappa shape index (κ2) is 5.72. The van der Waals surface area contributed by atoms with E-state index in [1.807, 2.05) is 0 Å². The van der Waals surface area contributed by atoms with E-state index in [2.05, 4.69) is 4.98 Å². The molecule has 1 heterocycles. The van der Waals surface area contributed by atoms with Crippen LogP contribution < -0.4 is 5.73 Å². The monoisotopic (exact) mass is 315 g/mol. The molecule has 0 radical (unpaired) electrons. The van der Waals surface area contributed by atoms with Crippen molar-refractivity contribution in [1.29, 1.82) is 0 Å². The third-order valence-electron chi connectivity index (χ3n) is 2.87. The Kier molecular flexibility index (Phi) is 4.17. The molecule has 8 heteroatoms. The van der Waals surface area contributed by atoms with Crippen LogP contribution in [0.4, 0.5) is 18.9 Å². The Labute approximate surface area is 123 Å². The molecule has 0 saturated heterocycles. The Hall–Kier alpha value is -2.09. The summed E-state index contributed by atoms with van der Waals surface area (Å²) in [5.41, 5.74) is 6.06. The molecule has 0 saturated carbocycles. The van der Waals surface area contributed by atoms with Crippen LogP contribution in [0.15, 0.2) is 29.1 Å². The number of hydrogen-bond acceptors (Lipinski definition) is 4. The van der Waals surface area contributed by atoms with Gasteiger partial charge in [0, 0.05) is 12.4 Å². The number of benzene rings is 1. The third kappa shape index (κ3) is 3.33. The summed E-state index contributed by atoms with van der Waals surface area (Å²) in [6, 6.07) is 3.31. The first-order chi connectivity index (χ1) is 9.80. The number of nitrogens with zero attached hydrogens (tertiary/aromatic N) is 2. The van der Waals surface area contributed by atoms with E-state index in [1.165, 1.54) is 35.4 Å². The number of rotatable bonds is 3. The quantitative estimate of drug-likeness (QED) is 0.886. The van der Waals surface area contributed by atoms with E-state index in [0.717, 1.165) is 6.07 Å². The number of carbonyl (C=O) groups excluding carboxylic acids is 1. The van der Waals surface area contributed by atoms with Crippen molar-refractivity contribution in [2.75, 3.05) is 12.8 Å². The van der Waals surface area contributed by atoms with Gasteiger partial charge in [0.2, 0.25) is 0 Å². The van der Waals surface area contributed by atoms with Crippen molar-refractivity contribution in [1.82, 2.24) is 9.88 Å². The minimum atomic E-state index is -4.59. The van der Waals surface area contributed by atoms with Crippen LogP contribution in [-0.2, 0) is 12.7 Å². The van der Waals surface area contributed by atoms with Gasteiger partial charge in [-0.15, -0.1) is 11.3 Å². The number of nitrogen functional groups attached to an aromatic ring is 1. The maximum Gasteiger partial charge on any atom is 0.418 e. The Bertz CT molecular complexity index is 641. The van der Waals surface area contributed by atoms with E-state index >= 15 is 0 Å². The highest BCUT2D eigenvalue weighted by atomic mass is 32.1. The summed E-state index contributed by atoms with van der Waals surface area (Å²) in [6.45, 7) is 0.206. The summed E-state index contributed by atoms with van der Waals surface area (Å²) in [5.74, 6) is -0.577. The van der Waals surface area contributed by atoms with Crippen molar-refractivity contribution in [2.24, 2.45) is 0 Å². The second-order valence-corrected chi connectivity index (χ2v) is 5.12. The van der Waals surface area contributed by atoms with Crippen LogP contribution in [0.5, 0.6) is 0 Å². The Morgan fingerprint density at radius 1 is 1.43 bits per heavy atom. The SMILES string of the molecule is CN(Cc1cscn1)C(=O)c1cccc(C(F)(F)F)c1N. The van der Waals surface area contributed by atoms with E-state index in [9.17, 15) is 18.0 Å². The highest BCUT2D eigenvalue weighted by molar-refractivity contribution is 7.07. The van der Waals surface area contributed by atoms with Gasteiger partial charge in [0.25, 0.3) is 5.91 Å². The van der Waals surface area contributed by atoms with Gasteiger partial charge in [0.1, 0.15) is 0 Å². The molecule has 0 unspecified atom stereocenters. The molecule has 0 fully saturated rings. The van der Waals surface area contributed by atoms with Gasteiger partial charge >= 0.3 is 6.18 Å². The minimum Gasteiger partial charge on any atom is -0.398 e. The summed E-state index contributed by atoms with van der Waals surface area (Å²) >= 11 is 1.38. The molecule has 1 aromatic carbocycles. The summed E-state index contributed by atoms with van der Waals surface area (Å²) < 4.78 is 38.4. The second-order valence-electron chi connectivity index (χ2n) is 4.41. The third-order valence-corrected chi connectivity index (χ3v) is 3.51. The lowest BCUT2D eigenvalue weighted by Crippen LogP contribution is -2.27. The van der Waals surface area contributed by atoms with Gasteiger partial charge in [0.05, 0.1) is 34.6 Å². The predicted molar refractivity (Wildman–Crippen MR) is 73.8 cm³/mol. The summed E-state index contributed by atoms with van der Waals surface area (Å²) in [7, 11) is 1.49. The van der Waals surface area contributed by atoms with Crippen molar-refractivity contribution in [3.63, 3.8) is 0 Å². The number of thiazole rings is 1. The number of hydrogen-bond donors (Lipinski definition) is 1. The van der Waals surface area contributed by atoms with E-state index < -0.39 is 23.3 Å². The summed E-state index contributed by atoms with van der Waals surface area (Å²) in [4.78, 5) is 17.5. The fourth-order valence-corrected chi connectivity index (χ4v) is 2.38. The van der Waals surface area contributed by atoms with Gasteiger partial charge in [-0.3, -0.25) is 4.79 Å². The number of amides is 1. The zero-order chi connectivity index (χ0) is 15.6. The molecular formula is C13H12F3N3OS. The number of para-hydroxylation sites is 1. The number of aromatic nitrogens is 1. The maximum absolute atomic E-state index is 12.8. The first-order valence-electron chi connectivity index (χ1n) is 5.89. The number of anilines is 1. The minimum absolute atomic E-state index is 0.164. The smallest absolute Gasteiger partial charge is 0.398 e. The molecular weight excluding hydrogens is 303 g/mol. The maximum atomic E-state index is 12.8. The molecule has 21 heavy (non-hydrogen) atoms. The van der Waals surface area contributed by atoms with Gasteiger partial charge in [-0.05, 0) is 12.1 Å². The lowest BCUT2D eigenvalue weighted by molar-refractivity contribution is -0.136. The molecule has 0 aliphatic rings. The average molecular weight is 315 g/mol. The van der Waals surface area contributed by atoms with Gasteiger partial charge in [-0.25, -0.2) is 4.98 Å². The van der Waals surface area contributed by atoms with E-state index in [1.54, 1.807) is 10.9 Å². The van der Waals surface area contributed by atoms with Gasteiger partial charge in [0.15, 0.2) is 0 Å². The summed E-state index contributed by atoms with van der Waals surface area (Å²) in [5, 5.41) is 1.76. The fourth-order valence-electron chi connectivity index (χ4n) is 1.83. The largest absolute Gasteiger partial charge is 0.418 e. The van der Waals surface area contributed by atoms with Crippen molar-refractivity contribution < 1.29 is 18.0 Å². The normalized spacial score (nSPS) is 11.4. The highest BCUT2D eigenvalue weighted by Crippen LogP contribution is 2.35. The van der Waals surface area contributed by atoms with Crippen molar-refractivity contribution in [3.05, 3.63) is 45.9 Å². The van der Waals surface area contributed by atoms with Crippen LogP contribution in [0.3, 0.4) is 0 Å². The topological polar surface area (TPSA) is 59.2 Å². The van der Waals surface area contributed by atoms with Crippen LogP contribution in [0, 0.1) is 0 Å². The standard InChI is InChI=1S/C13H12F3N3OS/c1-19(5-8-6-21-7-18-8)12(20)9-3-2-4-10(11(9)17)13(14,15)16/h2-4,6-7H,5,17H2,1H3. The Morgan fingerprint density at radius 3 is 2.71 bits per heavy atom. The Morgan fingerprint density at radius 2 is 2.14 bits per heavy atom. The average Bonchev–Trinajstić information content (AvgIpc) is 2.89. The molecule has 4 nitrogen and oxygen atoms in total. The molecule has 0 spiro atoms. The molecule has 112 valence electrons. The highest BCUT2D eigenvalue weighted by Gasteiger charge is 2.34. The molecule has 1 aromatic heterocycles. The Balaban J connectivity index is 2.27. The van der Waals surface area contributed by atoms with Gasteiger partial charge in [-0.2, -0.15) is 13.2 Å². The number of halogens is 3. The van der Waals surface area contributed by atoms with Crippen molar-refractivity contribution in [3.8, 4) is 0 Å². The molecule has 0 aliphatic heterocycles. The van der Waals surface area contributed by atoms with Gasteiger partial charge in [-0.1, -0.05) is 6.07 Å². The van der Waals surface area contributed by atoms with Crippen molar-refractivity contribution in [2.45, 2.75) is 12.7 Å². The molecule has 0 aliphatic carbocycles. The van der Waals surface area contributed by atoms with Crippen LogP contribution in [0.25, 0.3) is 0 Å². The van der Waals surface area contributed by atoms with Crippen LogP contribution in [-0.4, -0.2) is 22.8 Å². The fraction of sp³-hybridized carbons (Fsp3) is 0.231. The molecule has 2 N–H and O–H groups in total. The van der Waals surface area contributed by atoms with Crippen LogP contribution >= 0.6 is 11.3 Å². The zero-order valence-electron chi connectivity index (χ0n) is 11.0. The van der Waals surface area contributed by atoms with Crippen molar-refractivity contribution >= 4 is 22.9 Å². The van der Waals surface area contributed by atoms with Gasteiger partial charge < -0.3 is 10.6 Å². The zero-order valence-corrected chi connectivity index (χ0v) is 11.8. The summed E-state index contributed by atoms with van der Waals surface area (Å²) in [6.07, 6.45) is -4.59. The molecule has 1 amide bonds. The molecule has 2 rings (SSSR count). The number of carbonyl (C=O) groups is 1. The molecule has 0 atom stereocenters. The van der Waals surface area contributed by atoms with E-state index in [-0.39, 0.29) is 12.1 Å². The van der Waals surface area contributed by atoms with Crippen LogP contribution in [0.1, 0.15) is 21.6 Å². The number of alkyl halides is 3. The lowest BCUT2D eigenvalue weighted by atomic mass is 10.1. The first kappa shape index (κ1) is 15.3. The lowest BCUT2D eigenvalue weighted by Gasteiger charge is -2.19. The molecule has 2 aromatic rings. The van der Waals surface area contributed by atoms with E-state index in [4.69, 9.17) is 5.73 Å². The predicted octanol–water partition coefficient (Wildman–Crippen LogP) is 3.02. The van der Waals surface area contributed by atoms with E-state index in [0.29, 0.717) is 5.69 Å².